The van der Waals surface area contributed by atoms with Crippen molar-refractivity contribution in [3.63, 3.8) is 0 Å². The third kappa shape index (κ3) is 3.88. The molecule has 1 heterocycles. The Morgan fingerprint density at radius 3 is 2.72 bits per heavy atom. The van der Waals surface area contributed by atoms with Crippen LogP contribution in [0.15, 0.2) is 27.6 Å². The quantitative estimate of drug-likeness (QED) is 0.611. The molecule has 2 rings (SSSR count). The van der Waals surface area contributed by atoms with Gasteiger partial charge < -0.3 is 4.74 Å². The van der Waals surface area contributed by atoms with Crippen LogP contribution in [0.2, 0.25) is 0 Å². The van der Waals surface area contributed by atoms with Crippen LogP contribution in [0.1, 0.15) is 5.56 Å². The van der Waals surface area contributed by atoms with E-state index in [4.69, 9.17) is 4.74 Å². The van der Waals surface area contributed by atoms with Crippen molar-refractivity contribution >= 4 is 27.9 Å². The lowest BCUT2D eigenvalue weighted by atomic mass is 10.2. The summed E-state index contributed by atoms with van der Waals surface area (Å²) < 4.78 is 45.9. The molecule has 0 amide bonds. The molecule has 0 bridgehead atoms. The molecule has 100 valence electrons. The fourth-order valence-electron chi connectivity index (χ4n) is 1.47. The molecular formula is C11H11BrF3NOS. The number of hydrogen-bond acceptors (Lipinski definition) is 3. The summed E-state index contributed by atoms with van der Waals surface area (Å²) in [6.45, 7) is 1.31. The fourth-order valence-corrected chi connectivity index (χ4v) is 2.81. The van der Waals surface area contributed by atoms with Gasteiger partial charge in [-0.05, 0) is 37.2 Å². The predicted octanol–water partition coefficient (Wildman–Crippen LogP) is 3.81. The van der Waals surface area contributed by atoms with E-state index in [9.17, 15) is 13.2 Å². The maximum atomic E-state index is 12.9. The van der Waals surface area contributed by atoms with Crippen molar-refractivity contribution < 1.29 is 17.9 Å². The number of likely N-dealkylation sites (N-methyl/N-ethyl adjacent to an activating group) is 1. The molecule has 1 aliphatic heterocycles. The van der Waals surface area contributed by atoms with Gasteiger partial charge in [0, 0.05) is 15.9 Å². The number of hydrogen-bond donors (Lipinski definition) is 0. The lowest BCUT2D eigenvalue weighted by molar-refractivity contribution is -0.139. The summed E-state index contributed by atoms with van der Waals surface area (Å²) in [6, 6.07) is 4.19. The van der Waals surface area contributed by atoms with Crippen molar-refractivity contribution in [2.24, 2.45) is 0 Å². The first kappa shape index (κ1) is 14.2. The van der Waals surface area contributed by atoms with Gasteiger partial charge in [0.2, 0.25) is 0 Å². The van der Waals surface area contributed by atoms with E-state index in [0.29, 0.717) is 17.6 Å². The Balaban J connectivity index is 2.15. The van der Waals surface area contributed by atoms with Gasteiger partial charge in [0.1, 0.15) is 0 Å². The van der Waals surface area contributed by atoms with Crippen LogP contribution in [0.25, 0.3) is 0 Å². The van der Waals surface area contributed by atoms with Crippen molar-refractivity contribution in [2.75, 3.05) is 20.2 Å². The molecule has 1 saturated heterocycles. The predicted molar refractivity (Wildman–Crippen MR) is 67.4 cm³/mol. The lowest BCUT2D eigenvalue weighted by Gasteiger charge is -2.18. The van der Waals surface area contributed by atoms with Gasteiger partial charge in [0.15, 0.2) is 0 Å². The average Bonchev–Trinajstić information content (AvgIpc) is 3.03. The molecule has 1 atom stereocenters. The highest BCUT2D eigenvalue weighted by atomic mass is 79.9. The van der Waals surface area contributed by atoms with Gasteiger partial charge in [-0.1, -0.05) is 15.9 Å². The molecule has 0 unspecified atom stereocenters. The number of rotatable bonds is 4. The van der Waals surface area contributed by atoms with E-state index >= 15 is 0 Å². The molecule has 0 spiro atoms. The van der Waals surface area contributed by atoms with Crippen molar-refractivity contribution in [1.29, 1.82) is 0 Å². The van der Waals surface area contributed by atoms with E-state index in [1.807, 2.05) is 0 Å². The van der Waals surface area contributed by atoms with Crippen LogP contribution in [-0.2, 0) is 10.9 Å². The van der Waals surface area contributed by atoms with E-state index in [0.717, 1.165) is 18.0 Å². The van der Waals surface area contributed by atoms with Crippen LogP contribution in [0.4, 0.5) is 13.2 Å². The first-order chi connectivity index (χ1) is 8.36. The van der Waals surface area contributed by atoms with Gasteiger partial charge in [-0.3, -0.25) is 0 Å². The van der Waals surface area contributed by atoms with Crippen molar-refractivity contribution in [2.45, 2.75) is 17.2 Å². The van der Waals surface area contributed by atoms with Crippen LogP contribution in [0, 0.1) is 0 Å². The number of epoxide rings is 1. The molecule has 2 nitrogen and oxygen atoms in total. The standard InChI is InChI=1S/C11H11BrF3NOS/c1-16(5-8-6-17-8)18-10-3-2-7(12)4-9(10)11(13,14)15/h2-4,8H,5-6H2,1H3/t8-/m0/s1. The molecular weight excluding hydrogens is 331 g/mol. The van der Waals surface area contributed by atoms with E-state index in [1.165, 1.54) is 6.07 Å². The minimum absolute atomic E-state index is 0.160. The van der Waals surface area contributed by atoms with Gasteiger partial charge >= 0.3 is 6.18 Å². The normalized spacial score (nSPS) is 19.3. The summed E-state index contributed by atoms with van der Waals surface area (Å²) in [7, 11) is 1.76. The maximum Gasteiger partial charge on any atom is 0.417 e. The van der Waals surface area contributed by atoms with Gasteiger partial charge in [-0.25, -0.2) is 4.31 Å². The van der Waals surface area contributed by atoms with Crippen LogP contribution in [-0.4, -0.2) is 30.6 Å². The summed E-state index contributed by atoms with van der Waals surface area (Å²) in [5.74, 6) is 0. The molecule has 0 radical (unpaired) electrons. The monoisotopic (exact) mass is 341 g/mol. The molecule has 0 aromatic heterocycles. The molecule has 18 heavy (non-hydrogen) atoms. The Hall–Kier alpha value is -0.240. The highest BCUT2D eigenvalue weighted by molar-refractivity contribution is 9.10. The summed E-state index contributed by atoms with van der Waals surface area (Å²) in [5, 5.41) is 0. The highest BCUT2D eigenvalue weighted by Crippen LogP contribution is 2.39. The van der Waals surface area contributed by atoms with E-state index < -0.39 is 11.7 Å². The molecule has 0 N–H and O–H groups in total. The highest BCUT2D eigenvalue weighted by Gasteiger charge is 2.34. The Kier molecular flexibility index (Phi) is 4.25. The number of halogens is 4. The smallest absolute Gasteiger partial charge is 0.372 e. The Labute approximate surface area is 116 Å². The second-order valence-corrected chi connectivity index (χ2v) is 6.16. The molecule has 1 fully saturated rings. The van der Waals surface area contributed by atoms with Crippen molar-refractivity contribution in [3.05, 3.63) is 28.2 Å². The molecule has 1 aromatic rings. The number of ether oxygens (including phenoxy) is 1. The second kappa shape index (κ2) is 5.40. The number of benzene rings is 1. The van der Waals surface area contributed by atoms with Gasteiger partial charge in [0.25, 0.3) is 0 Å². The van der Waals surface area contributed by atoms with Crippen LogP contribution in [0.3, 0.4) is 0 Å². The average molecular weight is 342 g/mol. The third-order valence-corrected chi connectivity index (χ3v) is 3.87. The zero-order valence-electron chi connectivity index (χ0n) is 9.50. The van der Waals surface area contributed by atoms with Gasteiger partial charge in [-0.2, -0.15) is 13.2 Å². The zero-order valence-corrected chi connectivity index (χ0v) is 11.9. The van der Waals surface area contributed by atoms with Crippen molar-refractivity contribution in [1.82, 2.24) is 4.31 Å². The fraction of sp³-hybridized carbons (Fsp3) is 0.455. The Morgan fingerprint density at radius 1 is 1.50 bits per heavy atom. The maximum absolute atomic E-state index is 12.9. The SMILES string of the molecule is CN(C[C@H]1CO1)Sc1ccc(Br)cc1C(F)(F)F. The van der Waals surface area contributed by atoms with Gasteiger partial charge in [0.05, 0.1) is 18.3 Å². The summed E-state index contributed by atoms with van der Waals surface area (Å²) in [5.41, 5.74) is -0.620. The van der Waals surface area contributed by atoms with Crippen LogP contribution >= 0.6 is 27.9 Å². The topological polar surface area (TPSA) is 15.8 Å². The minimum Gasteiger partial charge on any atom is -0.372 e. The molecule has 0 saturated carbocycles. The molecule has 7 heteroatoms. The van der Waals surface area contributed by atoms with E-state index in [-0.39, 0.29) is 11.0 Å². The summed E-state index contributed by atoms with van der Waals surface area (Å²) >= 11 is 4.15. The summed E-state index contributed by atoms with van der Waals surface area (Å²) in [6.07, 6.45) is -4.18. The minimum atomic E-state index is -4.34. The Morgan fingerprint density at radius 2 is 2.17 bits per heavy atom. The third-order valence-electron chi connectivity index (χ3n) is 2.36. The van der Waals surface area contributed by atoms with Crippen LogP contribution in [0.5, 0.6) is 0 Å². The van der Waals surface area contributed by atoms with Crippen molar-refractivity contribution in [3.8, 4) is 0 Å². The first-order valence-electron chi connectivity index (χ1n) is 5.23. The largest absolute Gasteiger partial charge is 0.417 e. The van der Waals surface area contributed by atoms with E-state index in [1.54, 1.807) is 17.4 Å². The molecule has 1 aromatic carbocycles. The Bertz CT molecular complexity index is 437. The second-order valence-electron chi connectivity index (χ2n) is 4.00. The van der Waals surface area contributed by atoms with Crippen LogP contribution < -0.4 is 0 Å². The lowest BCUT2D eigenvalue weighted by Crippen LogP contribution is -2.17. The molecule has 1 aliphatic rings. The number of alkyl halides is 3. The molecule has 0 aliphatic carbocycles. The number of nitrogens with zero attached hydrogens (tertiary/aromatic N) is 1. The zero-order chi connectivity index (χ0) is 13.3. The summed E-state index contributed by atoms with van der Waals surface area (Å²) in [4.78, 5) is 0.203. The first-order valence-corrected chi connectivity index (χ1v) is 6.80. The van der Waals surface area contributed by atoms with Gasteiger partial charge in [-0.15, -0.1) is 0 Å². The van der Waals surface area contributed by atoms with E-state index in [2.05, 4.69) is 15.9 Å².